The smallest absolute Gasteiger partial charge is 0.243 e. The van der Waals surface area contributed by atoms with E-state index in [1.54, 1.807) is 19.0 Å². The van der Waals surface area contributed by atoms with Gasteiger partial charge in [-0.05, 0) is 36.7 Å². The summed E-state index contributed by atoms with van der Waals surface area (Å²) < 4.78 is 0. The molecule has 1 aliphatic heterocycles. The average Bonchev–Trinajstić information content (AvgIpc) is 3.28. The Kier molecular flexibility index (Phi) is 8.38. The molecule has 1 spiro atoms. The first-order valence-electron chi connectivity index (χ1n) is 9.85. The van der Waals surface area contributed by atoms with Gasteiger partial charge in [-0.15, -0.1) is 24.0 Å². The Morgan fingerprint density at radius 2 is 1.89 bits per heavy atom. The van der Waals surface area contributed by atoms with Gasteiger partial charge in [0.2, 0.25) is 5.91 Å². The topological polar surface area (TPSA) is 47.9 Å². The summed E-state index contributed by atoms with van der Waals surface area (Å²) in [5.41, 5.74) is 1.81. The second kappa shape index (κ2) is 10.3. The Morgan fingerprint density at radius 1 is 1.19 bits per heavy atom. The summed E-state index contributed by atoms with van der Waals surface area (Å²) in [6, 6.07) is 10.5. The molecule has 1 aromatic carbocycles. The lowest BCUT2D eigenvalue weighted by Crippen LogP contribution is -2.42. The van der Waals surface area contributed by atoms with Crippen molar-refractivity contribution in [1.82, 2.24) is 15.1 Å². The maximum absolute atomic E-state index is 12.0. The molecule has 0 radical (unpaired) electrons. The SMILES string of the molecule is CN(C)C(=O)CN=C(NCCc1ccccc1)N1CCC2(CCCC2)C1.I. The first-order valence-corrected chi connectivity index (χ1v) is 9.85. The predicted octanol–water partition coefficient (Wildman–Crippen LogP) is 3.15. The van der Waals surface area contributed by atoms with Gasteiger partial charge < -0.3 is 15.1 Å². The fourth-order valence-corrected chi connectivity index (χ4v) is 4.16. The van der Waals surface area contributed by atoms with E-state index in [-0.39, 0.29) is 36.4 Å². The summed E-state index contributed by atoms with van der Waals surface area (Å²) in [4.78, 5) is 20.6. The largest absolute Gasteiger partial charge is 0.356 e. The number of guanidine groups is 1. The van der Waals surface area contributed by atoms with Crippen LogP contribution in [0.25, 0.3) is 0 Å². The Hall–Kier alpha value is -1.31. The van der Waals surface area contributed by atoms with E-state index in [1.807, 2.05) is 6.07 Å². The summed E-state index contributed by atoms with van der Waals surface area (Å²) in [7, 11) is 3.56. The molecule has 0 atom stereocenters. The highest BCUT2D eigenvalue weighted by atomic mass is 127. The molecule has 0 aromatic heterocycles. The number of likely N-dealkylation sites (N-methyl/N-ethyl adjacent to an activating group) is 1. The highest BCUT2D eigenvalue weighted by Crippen LogP contribution is 2.45. The average molecular weight is 484 g/mol. The van der Waals surface area contributed by atoms with Crippen molar-refractivity contribution in [2.24, 2.45) is 10.4 Å². The zero-order valence-electron chi connectivity index (χ0n) is 16.6. The van der Waals surface area contributed by atoms with Gasteiger partial charge in [-0.25, -0.2) is 4.99 Å². The zero-order valence-corrected chi connectivity index (χ0v) is 18.9. The summed E-state index contributed by atoms with van der Waals surface area (Å²) in [5, 5.41) is 3.52. The third-order valence-electron chi connectivity index (χ3n) is 5.80. The molecule has 0 unspecified atom stereocenters. The highest BCUT2D eigenvalue weighted by Gasteiger charge is 2.41. The van der Waals surface area contributed by atoms with Gasteiger partial charge in [0.05, 0.1) is 0 Å². The zero-order chi connectivity index (χ0) is 18.4. The van der Waals surface area contributed by atoms with Gasteiger partial charge in [-0.2, -0.15) is 0 Å². The number of aliphatic imine (C=N–C) groups is 1. The summed E-state index contributed by atoms with van der Waals surface area (Å²) in [5.74, 6) is 0.946. The van der Waals surface area contributed by atoms with E-state index in [4.69, 9.17) is 0 Å². The third kappa shape index (κ3) is 6.09. The number of benzene rings is 1. The molecule has 1 aliphatic carbocycles. The number of hydrogen-bond acceptors (Lipinski definition) is 2. The number of hydrogen-bond donors (Lipinski definition) is 1. The van der Waals surface area contributed by atoms with Gasteiger partial charge in [0.1, 0.15) is 6.54 Å². The lowest BCUT2D eigenvalue weighted by atomic mass is 9.86. The fraction of sp³-hybridized carbons (Fsp3) is 0.619. The van der Waals surface area contributed by atoms with E-state index >= 15 is 0 Å². The van der Waals surface area contributed by atoms with Crippen molar-refractivity contribution in [2.75, 3.05) is 40.3 Å². The third-order valence-corrected chi connectivity index (χ3v) is 5.80. The highest BCUT2D eigenvalue weighted by molar-refractivity contribution is 14.0. The molecule has 1 saturated carbocycles. The lowest BCUT2D eigenvalue weighted by Gasteiger charge is -2.26. The standard InChI is InChI=1S/C21H32N4O.HI/c1-24(2)19(26)16-23-20(22-14-10-18-8-4-3-5-9-18)25-15-13-21(17-25)11-6-7-12-21;/h3-5,8-9H,6-7,10-17H2,1-2H3,(H,22,23);1H. The van der Waals surface area contributed by atoms with E-state index < -0.39 is 0 Å². The molecule has 1 saturated heterocycles. The van der Waals surface area contributed by atoms with Crippen molar-refractivity contribution in [2.45, 2.75) is 38.5 Å². The Balaban J connectivity index is 0.00000261. The van der Waals surface area contributed by atoms with Crippen molar-refractivity contribution >= 4 is 35.8 Å². The molecule has 5 nitrogen and oxygen atoms in total. The minimum absolute atomic E-state index is 0. The maximum atomic E-state index is 12.0. The van der Waals surface area contributed by atoms with E-state index in [1.165, 1.54) is 37.7 Å². The first-order chi connectivity index (χ1) is 12.6. The van der Waals surface area contributed by atoms with Crippen LogP contribution in [0, 0.1) is 5.41 Å². The molecule has 0 bridgehead atoms. The first kappa shape index (κ1) is 22.0. The van der Waals surface area contributed by atoms with Crippen LogP contribution < -0.4 is 5.32 Å². The van der Waals surface area contributed by atoms with Crippen LogP contribution >= 0.6 is 24.0 Å². The Morgan fingerprint density at radius 3 is 2.56 bits per heavy atom. The van der Waals surface area contributed by atoms with Crippen LogP contribution in [-0.4, -0.2) is 61.9 Å². The number of halogens is 1. The van der Waals surface area contributed by atoms with Crippen molar-refractivity contribution in [3.63, 3.8) is 0 Å². The monoisotopic (exact) mass is 484 g/mol. The normalized spacial score (nSPS) is 18.4. The molecule has 27 heavy (non-hydrogen) atoms. The summed E-state index contributed by atoms with van der Waals surface area (Å²) in [6.07, 6.45) is 7.63. The number of rotatable bonds is 5. The molecule has 1 aromatic rings. The molecule has 6 heteroatoms. The van der Waals surface area contributed by atoms with Gasteiger partial charge in [0.15, 0.2) is 5.96 Å². The molecular weight excluding hydrogens is 451 g/mol. The quantitative estimate of drug-likeness (QED) is 0.397. The molecule has 150 valence electrons. The van der Waals surface area contributed by atoms with Gasteiger partial charge >= 0.3 is 0 Å². The van der Waals surface area contributed by atoms with Crippen molar-refractivity contribution in [1.29, 1.82) is 0 Å². The number of nitrogens with zero attached hydrogens (tertiary/aromatic N) is 3. The minimum atomic E-state index is 0. The van der Waals surface area contributed by atoms with Crippen LogP contribution in [0.4, 0.5) is 0 Å². The second-order valence-electron chi connectivity index (χ2n) is 7.97. The molecule has 2 fully saturated rings. The van der Waals surface area contributed by atoms with Crippen molar-refractivity contribution in [3.05, 3.63) is 35.9 Å². The molecule has 1 amide bonds. The number of amides is 1. The number of carbonyl (C=O) groups is 1. The second-order valence-corrected chi connectivity index (χ2v) is 7.97. The van der Waals surface area contributed by atoms with Crippen LogP contribution in [0.3, 0.4) is 0 Å². The summed E-state index contributed by atoms with van der Waals surface area (Å²) >= 11 is 0. The van der Waals surface area contributed by atoms with Crippen LogP contribution in [0.2, 0.25) is 0 Å². The minimum Gasteiger partial charge on any atom is -0.356 e. The lowest BCUT2D eigenvalue weighted by molar-refractivity contribution is -0.127. The summed E-state index contributed by atoms with van der Waals surface area (Å²) in [6.45, 7) is 3.18. The van der Waals surface area contributed by atoms with Gasteiger partial charge in [-0.1, -0.05) is 43.2 Å². The van der Waals surface area contributed by atoms with Gasteiger partial charge in [0, 0.05) is 33.7 Å². The molecule has 1 N–H and O–H groups in total. The maximum Gasteiger partial charge on any atom is 0.243 e. The van der Waals surface area contributed by atoms with E-state index in [9.17, 15) is 4.79 Å². The number of carbonyl (C=O) groups excluding carboxylic acids is 1. The van der Waals surface area contributed by atoms with Crippen LogP contribution in [0.15, 0.2) is 35.3 Å². The van der Waals surface area contributed by atoms with Crippen LogP contribution in [0.5, 0.6) is 0 Å². The molecule has 3 rings (SSSR count). The molecule has 1 heterocycles. The number of likely N-dealkylation sites (tertiary alicyclic amines) is 1. The van der Waals surface area contributed by atoms with Crippen LogP contribution in [0.1, 0.15) is 37.7 Å². The van der Waals surface area contributed by atoms with Gasteiger partial charge in [0.25, 0.3) is 0 Å². The molecular formula is C21H33IN4O. The Labute approximate surface area is 180 Å². The fourth-order valence-electron chi connectivity index (χ4n) is 4.16. The number of nitrogens with one attached hydrogen (secondary N) is 1. The van der Waals surface area contributed by atoms with E-state index in [0.717, 1.165) is 32.0 Å². The van der Waals surface area contributed by atoms with Crippen LogP contribution in [-0.2, 0) is 11.2 Å². The predicted molar refractivity (Wildman–Crippen MR) is 122 cm³/mol. The Bertz CT molecular complexity index is 626. The van der Waals surface area contributed by atoms with E-state index in [0.29, 0.717) is 5.41 Å². The molecule has 2 aliphatic rings. The van der Waals surface area contributed by atoms with Gasteiger partial charge in [-0.3, -0.25) is 4.79 Å². The van der Waals surface area contributed by atoms with Crippen molar-refractivity contribution in [3.8, 4) is 0 Å². The van der Waals surface area contributed by atoms with E-state index in [2.05, 4.69) is 39.5 Å². The van der Waals surface area contributed by atoms with Crippen molar-refractivity contribution < 1.29 is 4.79 Å².